The quantitative estimate of drug-likeness (QED) is 0.196. The van der Waals surface area contributed by atoms with Gasteiger partial charge in [-0.25, -0.2) is 19.2 Å². The molecule has 0 aromatic heterocycles. The molecule has 8 nitrogen and oxygen atoms in total. The van der Waals surface area contributed by atoms with E-state index in [4.69, 9.17) is 9.47 Å². The molecule has 0 bridgehead atoms. The number of hydrogen-bond acceptors (Lipinski definition) is 8. The lowest BCUT2D eigenvalue weighted by atomic mass is 10.1. The van der Waals surface area contributed by atoms with Gasteiger partial charge in [0.2, 0.25) is 0 Å². The molecule has 0 fully saturated rings. The number of rotatable bonds is 5. The molecular weight excluding hydrogens is 580 g/mol. The summed E-state index contributed by atoms with van der Waals surface area (Å²) in [5.74, 6) is -1.52. The van der Waals surface area contributed by atoms with Crippen LogP contribution in [-0.4, -0.2) is 49.3 Å². The van der Waals surface area contributed by atoms with Crippen LogP contribution < -0.4 is 0 Å². The molecule has 0 saturated heterocycles. The standard InChI is InChI=1S/C15H18O4.C8H7BrO2.C7H12O2.CH4/c1-15(2,3)19-13(16)9-8-11-6-5-7-12(10-11)14(17)18-4;1-11-8(10)6-3-2-4-7(9)5-6;1-5-6(8)9-7(2,3)4;/h5-10H,1-4H3;2-5H,1H3;5H,1H2,2-4H3;1H4/b9-8+;;;. The van der Waals surface area contributed by atoms with Gasteiger partial charge in [0, 0.05) is 16.6 Å². The van der Waals surface area contributed by atoms with Gasteiger partial charge in [-0.3, -0.25) is 0 Å². The molecule has 2 aromatic rings. The molecule has 9 heteroatoms. The molecular formula is C31H41BrO8. The van der Waals surface area contributed by atoms with Crippen LogP contribution in [0.15, 0.2) is 71.7 Å². The summed E-state index contributed by atoms with van der Waals surface area (Å²) in [5, 5.41) is 0. The minimum atomic E-state index is -0.519. The summed E-state index contributed by atoms with van der Waals surface area (Å²) in [6.07, 6.45) is 4.09. The van der Waals surface area contributed by atoms with E-state index in [1.165, 1.54) is 20.3 Å². The van der Waals surface area contributed by atoms with E-state index in [9.17, 15) is 19.2 Å². The lowest BCUT2D eigenvalue weighted by molar-refractivity contribution is -0.149. The van der Waals surface area contributed by atoms with Crippen LogP contribution in [0.4, 0.5) is 0 Å². The monoisotopic (exact) mass is 620 g/mol. The number of ether oxygens (including phenoxy) is 4. The fraction of sp³-hybridized carbons (Fsp3) is 0.355. The predicted molar refractivity (Wildman–Crippen MR) is 161 cm³/mol. The summed E-state index contributed by atoms with van der Waals surface area (Å²) in [7, 11) is 2.69. The number of halogens is 1. The van der Waals surface area contributed by atoms with Gasteiger partial charge in [0.15, 0.2) is 0 Å². The molecule has 0 saturated carbocycles. The van der Waals surface area contributed by atoms with E-state index in [1.807, 2.05) is 26.8 Å². The second-order valence-electron chi connectivity index (χ2n) is 9.72. The Labute approximate surface area is 246 Å². The van der Waals surface area contributed by atoms with E-state index in [0.717, 1.165) is 16.1 Å². The van der Waals surface area contributed by atoms with E-state index >= 15 is 0 Å². The number of benzene rings is 2. The SMILES string of the molecule is C.C=CC(=O)OC(C)(C)C.COC(=O)c1cccc(/C=C/C(=O)OC(C)(C)C)c1.COC(=O)c1cccc(Br)c1. The Morgan fingerprint density at radius 3 is 1.60 bits per heavy atom. The van der Waals surface area contributed by atoms with Gasteiger partial charge < -0.3 is 18.9 Å². The predicted octanol–water partition coefficient (Wildman–Crippen LogP) is 7.21. The molecule has 2 aromatic carbocycles. The van der Waals surface area contributed by atoms with Crippen molar-refractivity contribution in [2.45, 2.75) is 60.2 Å². The maximum absolute atomic E-state index is 11.5. The molecule has 40 heavy (non-hydrogen) atoms. The molecule has 0 heterocycles. The first-order valence-electron chi connectivity index (χ1n) is 11.8. The van der Waals surface area contributed by atoms with Gasteiger partial charge in [-0.15, -0.1) is 0 Å². The van der Waals surface area contributed by atoms with E-state index in [1.54, 1.807) is 69.3 Å². The van der Waals surface area contributed by atoms with Crippen LogP contribution in [0.2, 0.25) is 0 Å². The molecule has 2 rings (SSSR count). The molecule has 0 radical (unpaired) electrons. The van der Waals surface area contributed by atoms with Crippen LogP contribution in [0.1, 0.15) is 75.2 Å². The topological polar surface area (TPSA) is 105 Å². The summed E-state index contributed by atoms with van der Waals surface area (Å²) in [6.45, 7) is 14.1. The Bertz CT molecular complexity index is 1150. The molecule has 0 N–H and O–H groups in total. The third-order valence-electron chi connectivity index (χ3n) is 3.95. The summed E-state index contributed by atoms with van der Waals surface area (Å²) < 4.78 is 20.0. The Hall–Kier alpha value is -3.72. The van der Waals surface area contributed by atoms with Crippen molar-refractivity contribution in [3.8, 4) is 0 Å². The zero-order chi connectivity index (χ0) is 30.2. The van der Waals surface area contributed by atoms with Crippen molar-refractivity contribution in [2.24, 2.45) is 0 Å². The molecule has 0 aliphatic carbocycles. The van der Waals surface area contributed by atoms with Crippen molar-refractivity contribution in [3.05, 3.63) is 88.4 Å². The minimum Gasteiger partial charge on any atom is -0.465 e. The normalized spacial score (nSPS) is 10.3. The Kier molecular flexibility index (Phi) is 17.8. The van der Waals surface area contributed by atoms with Gasteiger partial charge in [0.1, 0.15) is 11.2 Å². The van der Waals surface area contributed by atoms with Crippen molar-refractivity contribution < 1.29 is 38.1 Å². The van der Waals surface area contributed by atoms with Crippen LogP contribution in [0.5, 0.6) is 0 Å². The van der Waals surface area contributed by atoms with Crippen molar-refractivity contribution in [1.29, 1.82) is 0 Å². The smallest absolute Gasteiger partial charge is 0.337 e. The Balaban J connectivity index is 0. The Morgan fingerprint density at radius 1 is 0.750 bits per heavy atom. The second-order valence-corrected chi connectivity index (χ2v) is 10.6. The highest BCUT2D eigenvalue weighted by Gasteiger charge is 2.14. The van der Waals surface area contributed by atoms with Gasteiger partial charge in [0.05, 0.1) is 25.3 Å². The average molecular weight is 622 g/mol. The molecule has 0 amide bonds. The fourth-order valence-corrected chi connectivity index (χ4v) is 2.86. The second kappa shape index (κ2) is 18.5. The maximum Gasteiger partial charge on any atom is 0.337 e. The first-order valence-corrected chi connectivity index (χ1v) is 12.6. The summed E-state index contributed by atoms with van der Waals surface area (Å²) in [5.41, 5.74) is 0.810. The van der Waals surface area contributed by atoms with Gasteiger partial charge in [-0.05, 0) is 83.5 Å². The first kappa shape index (κ1) is 38.4. The molecule has 0 spiro atoms. The number of methoxy groups -OCH3 is 2. The third kappa shape index (κ3) is 18.5. The summed E-state index contributed by atoms with van der Waals surface area (Å²) in [4.78, 5) is 44.3. The maximum atomic E-state index is 11.5. The highest BCUT2D eigenvalue weighted by molar-refractivity contribution is 9.10. The zero-order valence-corrected chi connectivity index (χ0v) is 25.3. The number of carbonyl (C=O) groups is 4. The molecule has 0 atom stereocenters. The van der Waals surface area contributed by atoms with Gasteiger partial charge in [-0.2, -0.15) is 0 Å². The summed E-state index contributed by atoms with van der Waals surface area (Å²) >= 11 is 3.25. The van der Waals surface area contributed by atoms with Gasteiger partial charge in [-0.1, -0.05) is 48.1 Å². The molecule has 0 unspecified atom stereocenters. The van der Waals surface area contributed by atoms with Gasteiger partial charge in [0.25, 0.3) is 0 Å². The highest BCUT2D eigenvalue weighted by atomic mass is 79.9. The van der Waals surface area contributed by atoms with Crippen molar-refractivity contribution in [2.75, 3.05) is 14.2 Å². The third-order valence-corrected chi connectivity index (χ3v) is 4.44. The largest absolute Gasteiger partial charge is 0.465 e. The Morgan fingerprint density at radius 2 is 1.20 bits per heavy atom. The highest BCUT2D eigenvalue weighted by Crippen LogP contribution is 2.12. The van der Waals surface area contributed by atoms with Crippen LogP contribution in [0.25, 0.3) is 6.08 Å². The van der Waals surface area contributed by atoms with Crippen LogP contribution in [0, 0.1) is 0 Å². The first-order chi connectivity index (χ1) is 18.0. The average Bonchev–Trinajstić information content (AvgIpc) is 2.85. The number of esters is 4. The van der Waals surface area contributed by atoms with Crippen molar-refractivity contribution in [3.63, 3.8) is 0 Å². The zero-order valence-electron chi connectivity index (χ0n) is 23.7. The fourth-order valence-electron chi connectivity index (χ4n) is 2.46. The van der Waals surface area contributed by atoms with E-state index in [-0.39, 0.29) is 19.4 Å². The van der Waals surface area contributed by atoms with Crippen molar-refractivity contribution >= 4 is 45.9 Å². The van der Waals surface area contributed by atoms with Crippen LogP contribution in [0.3, 0.4) is 0 Å². The lowest BCUT2D eigenvalue weighted by Gasteiger charge is -2.17. The van der Waals surface area contributed by atoms with Crippen LogP contribution in [-0.2, 0) is 28.5 Å². The number of carbonyl (C=O) groups excluding carboxylic acids is 4. The lowest BCUT2D eigenvalue weighted by Crippen LogP contribution is -2.22. The molecule has 0 aliphatic rings. The van der Waals surface area contributed by atoms with Gasteiger partial charge >= 0.3 is 23.9 Å². The van der Waals surface area contributed by atoms with E-state index in [0.29, 0.717) is 11.1 Å². The van der Waals surface area contributed by atoms with Crippen LogP contribution >= 0.6 is 15.9 Å². The minimum absolute atomic E-state index is 0. The number of hydrogen-bond donors (Lipinski definition) is 0. The molecule has 0 aliphatic heterocycles. The van der Waals surface area contributed by atoms with E-state index in [2.05, 4.69) is 32.0 Å². The van der Waals surface area contributed by atoms with E-state index < -0.39 is 23.1 Å². The van der Waals surface area contributed by atoms with Crippen molar-refractivity contribution in [1.82, 2.24) is 0 Å². The summed E-state index contributed by atoms with van der Waals surface area (Å²) in [6, 6.07) is 13.9. The molecule has 220 valence electrons.